The third-order valence-corrected chi connectivity index (χ3v) is 6.36. The average Bonchev–Trinajstić information content (AvgIpc) is 2.78. The Morgan fingerprint density at radius 3 is 2.50 bits per heavy atom. The lowest BCUT2D eigenvalue weighted by Gasteiger charge is -2.23. The fourth-order valence-electron chi connectivity index (χ4n) is 3.28. The van der Waals surface area contributed by atoms with Crippen molar-refractivity contribution in [1.29, 1.82) is 0 Å². The summed E-state index contributed by atoms with van der Waals surface area (Å²) in [4.78, 5) is 11.9. The van der Waals surface area contributed by atoms with Crippen LogP contribution in [0.5, 0.6) is 0 Å². The highest BCUT2D eigenvalue weighted by molar-refractivity contribution is 7.91. The van der Waals surface area contributed by atoms with E-state index >= 15 is 0 Å². The van der Waals surface area contributed by atoms with Gasteiger partial charge in [0.05, 0.1) is 23.5 Å². The van der Waals surface area contributed by atoms with Crippen LogP contribution in [-0.4, -0.2) is 32.0 Å². The summed E-state index contributed by atoms with van der Waals surface area (Å²) < 4.78 is 28.1. The molecule has 0 aromatic rings. The number of ether oxygens (including phenoxy) is 1. The summed E-state index contributed by atoms with van der Waals surface area (Å²) in [6.07, 6.45) is 8.99. The second-order valence-corrected chi connectivity index (χ2v) is 8.66. The van der Waals surface area contributed by atoms with Gasteiger partial charge in [0.15, 0.2) is 9.84 Å². The second kappa shape index (κ2) is 6.92. The Kier molecular flexibility index (Phi) is 5.47. The highest BCUT2D eigenvalue weighted by Gasteiger charge is 2.34. The molecule has 0 radical (unpaired) electrons. The van der Waals surface area contributed by atoms with Gasteiger partial charge >= 0.3 is 5.97 Å². The van der Waals surface area contributed by atoms with Gasteiger partial charge in [0.1, 0.15) is 0 Å². The Labute approximate surface area is 122 Å². The van der Waals surface area contributed by atoms with Crippen LogP contribution in [0.3, 0.4) is 0 Å². The van der Waals surface area contributed by atoms with Crippen LogP contribution in [0, 0.1) is 11.8 Å². The number of carbonyl (C=O) groups is 1. The van der Waals surface area contributed by atoms with Crippen LogP contribution in [0.2, 0.25) is 0 Å². The molecule has 0 aromatic carbocycles. The van der Waals surface area contributed by atoms with Crippen LogP contribution in [0.4, 0.5) is 0 Å². The molecule has 1 aliphatic carbocycles. The molecular weight excluding hydrogens is 276 g/mol. The van der Waals surface area contributed by atoms with Crippen LogP contribution < -0.4 is 0 Å². The molecule has 116 valence electrons. The maximum atomic E-state index is 11.9. The molecule has 1 heterocycles. The van der Waals surface area contributed by atoms with Gasteiger partial charge in [-0.05, 0) is 32.1 Å². The first-order valence-electron chi connectivity index (χ1n) is 7.87. The van der Waals surface area contributed by atoms with E-state index in [0.717, 1.165) is 18.8 Å². The predicted molar refractivity (Wildman–Crippen MR) is 78.1 cm³/mol. The Balaban J connectivity index is 1.68. The molecule has 0 spiro atoms. The van der Waals surface area contributed by atoms with Gasteiger partial charge in [-0.3, -0.25) is 4.79 Å². The molecule has 2 fully saturated rings. The molecule has 1 saturated carbocycles. The smallest absolute Gasteiger partial charge is 0.310 e. The van der Waals surface area contributed by atoms with E-state index in [0.29, 0.717) is 6.42 Å². The minimum absolute atomic E-state index is 0.0266. The maximum absolute atomic E-state index is 11.9. The third kappa shape index (κ3) is 4.76. The zero-order valence-corrected chi connectivity index (χ0v) is 13.2. The fraction of sp³-hybridized carbons (Fsp3) is 0.933. The summed E-state index contributed by atoms with van der Waals surface area (Å²) in [7, 11) is -3.01. The summed E-state index contributed by atoms with van der Waals surface area (Å²) in [5, 5.41) is 0. The molecular formula is C15H26O4S. The Morgan fingerprint density at radius 1 is 1.20 bits per heavy atom. The van der Waals surface area contributed by atoms with Crippen LogP contribution in [0.15, 0.2) is 0 Å². The highest BCUT2D eigenvalue weighted by Crippen LogP contribution is 2.28. The van der Waals surface area contributed by atoms with Crippen molar-refractivity contribution in [2.75, 3.05) is 11.5 Å². The molecule has 0 aromatic heterocycles. The van der Waals surface area contributed by atoms with Gasteiger partial charge in [-0.15, -0.1) is 0 Å². The van der Waals surface area contributed by atoms with Crippen LogP contribution in [-0.2, 0) is 19.4 Å². The number of sulfone groups is 1. The summed E-state index contributed by atoms with van der Waals surface area (Å²) in [6.45, 7) is 1.92. The Bertz CT molecular complexity index is 423. The Morgan fingerprint density at radius 2 is 1.90 bits per heavy atom. The molecule has 4 nitrogen and oxygen atoms in total. The zero-order valence-electron chi connectivity index (χ0n) is 12.3. The molecule has 1 saturated heterocycles. The molecule has 2 aliphatic rings. The van der Waals surface area contributed by atoms with Crippen molar-refractivity contribution >= 4 is 15.8 Å². The fourth-order valence-corrected chi connectivity index (χ4v) is 5.01. The van der Waals surface area contributed by atoms with Crippen molar-refractivity contribution < 1.29 is 17.9 Å². The summed E-state index contributed by atoms with van der Waals surface area (Å²) in [6, 6.07) is 0. The predicted octanol–water partition coefficient (Wildman–Crippen LogP) is 2.71. The number of rotatable bonds is 5. The monoisotopic (exact) mass is 302 g/mol. The van der Waals surface area contributed by atoms with Gasteiger partial charge in [0, 0.05) is 0 Å². The zero-order chi connectivity index (χ0) is 14.6. The third-order valence-electron chi connectivity index (χ3n) is 4.59. The van der Waals surface area contributed by atoms with E-state index < -0.39 is 15.8 Å². The van der Waals surface area contributed by atoms with Crippen molar-refractivity contribution in [3.63, 3.8) is 0 Å². The number of hydrogen-bond donors (Lipinski definition) is 0. The average molecular weight is 302 g/mol. The second-order valence-electron chi connectivity index (χ2n) is 6.43. The van der Waals surface area contributed by atoms with Crippen molar-refractivity contribution in [1.82, 2.24) is 0 Å². The van der Waals surface area contributed by atoms with E-state index in [1.54, 1.807) is 0 Å². The normalized spacial score (nSPS) is 28.1. The lowest BCUT2D eigenvalue weighted by atomic mass is 9.85. The largest absolute Gasteiger partial charge is 0.462 e. The molecule has 2 rings (SSSR count). The van der Waals surface area contributed by atoms with Crippen molar-refractivity contribution in [3.8, 4) is 0 Å². The van der Waals surface area contributed by atoms with E-state index in [2.05, 4.69) is 0 Å². The van der Waals surface area contributed by atoms with Gasteiger partial charge in [-0.1, -0.05) is 32.1 Å². The summed E-state index contributed by atoms with van der Waals surface area (Å²) >= 11 is 0. The highest BCUT2D eigenvalue weighted by atomic mass is 32.2. The molecule has 2 atom stereocenters. The lowest BCUT2D eigenvalue weighted by molar-refractivity contribution is -0.152. The van der Waals surface area contributed by atoms with E-state index in [9.17, 15) is 13.2 Å². The quantitative estimate of drug-likeness (QED) is 0.733. The van der Waals surface area contributed by atoms with E-state index in [-0.39, 0.29) is 23.6 Å². The van der Waals surface area contributed by atoms with Gasteiger partial charge in [0.2, 0.25) is 0 Å². The van der Waals surface area contributed by atoms with Gasteiger partial charge < -0.3 is 4.74 Å². The molecule has 20 heavy (non-hydrogen) atoms. The number of carbonyl (C=O) groups excluding carboxylic acids is 1. The van der Waals surface area contributed by atoms with Crippen LogP contribution in [0.25, 0.3) is 0 Å². The minimum atomic E-state index is -3.01. The molecule has 0 bridgehead atoms. The summed E-state index contributed by atoms with van der Waals surface area (Å²) in [5.74, 6) is 0.140. The Hall–Kier alpha value is -0.580. The van der Waals surface area contributed by atoms with Crippen LogP contribution in [0.1, 0.15) is 58.3 Å². The summed E-state index contributed by atoms with van der Waals surface area (Å²) in [5.41, 5.74) is 0. The topological polar surface area (TPSA) is 60.4 Å². The number of hydrogen-bond acceptors (Lipinski definition) is 4. The van der Waals surface area contributed by atoms with Gasteiger partial charge in [-0.2, -0.15) is 0 Å². The van der Waals surface area contributed by atoms with E-state index in [1.165, 1.54) is 32.1 Å². The SMILES string of the molecule is C[C@H](CCC1CCCCC1)OC(=O)[C@@H]1CCS(=O)(=O)C1. The first-order valence-corrected chi connectivity index (χ1v) is 9.69. The molecule has 0 unspecified atom stereocenters. The first-order chi connectivity index (χ1) is 9.46. The van der Waals surface area contributed by atoms with Crippen molar-refractivity contribution in [3.05, 3.63) is 0 Å². The van der Waals surface area contributed by atoms with E-state index in [1.807, 2.05) is 6.92 Å². The van der Waals surface area contributed by atoms with Gasteiger partial charge in [-0.25, -0.2) is 8.42 Å². The van der Waals surface area contributed by atoms with Crippen molar-refractivity contribution in [2.45, 2.75) is 64.4 Å². The lowest BCUT2D eigenvalue weighted by Crippen LogP contribution is -2.24. The first kappa shape index (κ1) is 15.8. The number of esters is 1. The minimum Gasteiger partial charge on any atom is -0.462 e. The van der Waals surface area contributed by atoms with Crippen molar-refractivity contribution in [2.24, 2.45) is 11.8 Å². The van der Waals surface area contributed by atoms with E-state index in [4.69, 9.17) is 4.74 Å². The van der Waals surface area contributed by atoms with Gasteiger partial charge in [0.25, 0.3) is 0 Å². The molecule has 0 amide bonds. The molecule has 5 heteroatoms. The van der Waals surface area contributed by atoms with Crippen LogP contribution >= 0.6 is 0 Å². The maximum Gasteiger partial charge on any atom is 0.310 e. The molecule has 0 N–H and O–H groups in total. The molecule has 1 aliphatic heterocycles. The standard InChI is InChI=1S/C15H26O4S/c1-12(7-8-13-5-3-2-4-6-13)19-15(16)14-9-10-20(17,18)11-14/h12-14H,2-11H2,1H3/t12-,14-/m1/s1.